The molecular formula is C16H23BrFNO. The van der Waals surface area contributed by atoms with Gasteiger partial charge >= 0.3 is 0 Å². The van der Waals surface area contributed by atoms with Crippen molar-refractivity contribution in [2.45, 2.75) is 26.2 Å². The van der Waals surface area contributed by atoms with E-state index in [1.807, 2.05) is 6.07 Å². The van der Waals surface area contributed by atoms with E-state index in [4.69, 9.17) is 4.74 Å². The van der Waals surface area contributed by atoms with E-state index in [-0.39, 0.29) is 11.2 Å². The first-order valence-corrected chi connectivity index (χ1v) is 7.97. The fourth-order valence-electron chi connectivity index (χ4n) is 2.86. The largest absolute Gasteiger partial charge is 0.383 e. The molecule has 1 aromatic carbocycles. The van der Waals surface area contributed by atoms with Crippen LogP contribution in [-0.4, -0.2) is 26.8 Å². The minimum atomic E-state index is -0.167. The molecule has 1 aliphatic carbocycles. The van der Waals surface area contributed by atoms with Crippen molar-refractivity contribution in [3.63, 3.8) is 0 Å². The second kappa shape index (κ2) is 7.01. The van der Waals surface area contributed by atoms with Crippen LogP contribution in [0.3, 0.4) is 0 Å². The second-order valence-corrected chi connectivity index (χ2v) is 6.97. The first-order chi connectivity index (χ1) is 9.53. The topological polar surface area (TPSA) is 21.3 Å². The number of hydrogen-bond donors (Lipinski definition) is 1. The highest BCUT2D eigenvalue weighted by atomic mass is 79.9. The predicted molar refractivity (Wildman–Crippen MR) is 83.4 cm³/mol. The van der Waals surface area contributed by atoms with Gasteiger partial charge in [0, 0.05) is 24.7 Å². The maximum absolute atomic E-state index is 13.5. The van der Waals surface area contributed by atoms with Crippen molar-refractivity contribution in [2.24, 2.45) is 11.3 Å². The van der Waals surface area contributed by atoms with Gasteiger partial charge in [0.05, 0.1) is 6.61 Å². The van der Waals surface area contributed by atoms with Gasteiger partial charge in [-0.2, -0.15) is 0 Å². The van der Waals surface area contributed by atoms with Gasteiger partial charge in [0.15, 0.2) is 0 Å². The molecule has 0 aliphatic heterocycles. The van der Waals surface area contributed by atoms with Gasteiger partial charge < -0.3 is 10.1 Å². The highest BCUT2D eigenvalue weighted by Crippen LogP contribution is 2.47. The molecule has 1 unspecified atom stereocenters. The normalized spacial score (nSPS) is 18.0. The zero-order valence-electron chi connectivity index (χ0n) is 12.2. The molecule has 4 heteroatoms. The van der Waals surface area contributed by atoms with Crippen molar-refractivity contribution < 1.29 is 9.13 Å². The molecule has 1 aliphatic rings. The van der Waals surface area contributed by atoms with Crippen LogP contribution < -0.4 is 5.32 Å². The van der Waals surface area contributed by atoms with Gasteiger partial charge in [0.1, 0.15) is 5.82 Å². The molecule has 0 saturated heterocycles. The van der Waals surface area contributed by atoms with Crippen LogP contribution in [0.2, 0.25) is 0 Å². The lowest BCUT2D eigenvalue weighted by molar-refractivity contribution is 0.187. The van der Waals surface area contributed by atoms with Gasteiger partial charge in [-0.25, -0.2) is 4.39 Å². The molecule has 20 heavy (non-hydrogen) atoms. The average molecular weight is 344 g/mol. The monoisotopic (exact) mass is 343 g/mol. The second-order valence-electron chi connectivity index (χ2n) is 6.05. The summed E-state index contributed by atoms with van der Waals surface area (Å²) in [4.78, 5) is 0. The van der Waals surface area contributed by atoms with Crippen molar-refractivity contribution in [3.8, 4) is 0 Å². The van der Waals surface area contributed by atoms with E-state index in [0.717, 1.165) is 42.1 Å². The highest BCUT2D eigenvalue weighted by molar-refractivity contribution is 9.10. The number of benzene rings is 1. The lowest BCUT2D eigenvalue weighted by Crippen LogP contribution is -2.37. The van der Waals surface area contributed by atoms with Crippen LogP contribution in [0, 0.1) is 17.2 Å². The van der Waals surface area contributed by atoms with Gasteiger partial charge in [-0.3, -0.25) is 0 Å². The van der Waals surface area contributed by atoms with Crippen molar-refractivity contribution in [1.29, 1.82) is 0 Å². The molecule has 0 aromatic heterocycles. The molecule has 1 saturated carbocycles. The fourth-order valence-corrected chi connectivity index (χ4v) is 3.37. The van der Waals surface area contributed by atoms with Gasteiger partial charge in [-0.05, 0) is 54.4 Å². The number of ether oxygens (including phenoxy) is 1. The highest BCUT2D eigenvalue weighted by Gasteiger charge is 2.41. The smallest absolute Gasteiger partial charge is 0.124 e. The summed E-state index contributed by atoms with van der Waals surface area (Å²) < 4.78 is 19.4. The average Bonchev–Trinajstić information content (AvgIpc) is 3.18. The SMILES string of the molecule is COCCNCC(C)(Cc1cc(F)cc(Br)c1)C1CC1. The Bertz CT molecular complexity index is 430. The van der Waals surface area contributed by atoms with Gasteiger partial charge in [0.2, 0.25) is 0 Å². The summed E-state index contributed by atoms with van der Waals surface area (Å²) in [5.74, 6) is 0.583. The van der Waals surface area contributed by atoms with E-state index in [2.05, 4.69) is 28.2 Å². The molecule has 0 bridgehead atoms. The van der Waals surface area contributed by atoms with Crippen LogP contribution in [0.1, 0.15) is 25.3 Å². The minimum absolute atomic E-state index is 0.167. The summed E-state index contributed by atoms with van der Waals surface area (Å²) in [6.07, 6.45) is 3.49. The summed E-state index contributed by atoms with van der Waals surface area (Å²) >= 11 is 3.37. The van der Waals surface area contributed by atoms with E-state index in [0.29, 0.717) is 0 Å². The summed E-state index contributed by atoms with van der Waals surface area (Å²) in [6, 6.07) is 5.19. The number of halogens is 2. The Morgan fingerprint density at radius 3 is 2.75 bits per heavy atom. The van der Waals surface area contributed by atoms with Gasteiger partial charge in [0.25, 0.3) is 0 Å². The molecule has 2 nitrogen and oxygen atoms in total. The maximum atomic E-state index is 13.5. The molecule has 0 heterocycles. The Balaban J connectivity index is 2.00. The lowest BCUT2D eigenvalue weighted by Gasteiger charge is -2.30. The van der Waals surface area contributed by atoms with Gasteiger partial charge in [-0.1, -0.05) is 22.9 Å². The molecule has 1 fully saturated rings. The van der Waals surface area contributed by atoms with Crippen molar-refractivity contribution in [3.05, 3.63) is 34.1 Å². The molecule has 1 aromatic rings. The quantitative estimate of drug-likeness (QED) is 0.725. The van der Waals surface area contributed by atoms with E-state index in [1.165, 1.54) is 18.9 Å². The molecule has 2 rings (SSSR count). The Morgan fingerprint density at radius 2 is 2.15 bits per heavy atom. The molecule has 1 N–H and O–H groups in total. The first-order valence-electron chi connectivity index (χ1n) is 7.18. The van der Waals surface area contributed by atoms with E-state index in [1.54, 1.807) is 13.2 Å². The summed E-state index contributed by atoms with van der Waals surface area (Å²) in [5, 5.41) is 3.47. The van der Waals surface area contributed by atoms with Crippen LogP contribution in [0.4, 0.5) is 4.39 Å². The fraction of sp³-hybridized carbons (Fsp3) is 0.625. The predicted octanol–water partition coefficient (Wildman–Crippen LogP) is 3.78. The summed E-state index contributed by atoms with van der Waals surface area (Å²) in [7, 11) is 1.71. The van der Waals surface area contributed by atoms with Crippen LogP contribution in [0.25, 0.3) is 0 Å². The minimum Gasteiger partial charge on any atom is -0.383 e. The Morgan fingerprint density at radius 1 is 1.40 bits per heavy atom. The first kappa shape index (κ1) is 15.9. The lowest BCUT2D eigenvalue weighted by atomic mass is 9.79. The molecule has 0 spiro atoms. The van der Waals surface area contributed by atoms with Crippen molar-refractivity contribution >= 4 is 15.9 Å². The van der Waals surface area contributed by atoms with Crippen molar-refractivity contribution in [1.82, 2.24) is 5.32 Å². The number of rotatable bonds is 8. The number of hydrogen-bond acceptors (Lipinski definition) is 2. The Labute approximate surface area is 129 Å². The van der Waals surface area contributed by atoms with E-state index >= 15 is 0 Å². The van der Waals surface area contributed by atoms with Crippen LogP contribution >= 0.6 is 15.9 Å². The maximum Gasteiger partial charge on any atom is 0.124 e. The van der Waals surface area contributed by atoms with Crippen molar-refractivity contribution in [2.75, 3.05) is 26.8 Å². The summed E-state index contributed by atoms with van der Waals surface area (Å²) in [6.45, 7) is 4.86. The molecule has 0 amide bonds. The van der Waals surface area contributed by atoms with Crippen LogP contribution in [-0.2, 0) is 11.2 Å². The third-order valence-corrected chi connectivity index (χ3v) is 4.56. The summed E-state index contributed by atoms with van der Waals surface area (Å²) in [5.41, 5.74) is 1.26. The van der Waals surface area contributed by atoms with E-state index in [9.17, 15) is 4.39 Å². The third kappa shape index (κ3) is 4.54. The zero-order valence-corrected chi connectivity index (χ0v) is 13.8. The van der Waals surface area contributed by atoms with Crippen LogP contribution in [0.5, 0.6) is 0 Å². The zero-order chi connectivity index (χ0) is 14.6. The molecule has 1 atom stereocenters. The third-order valence-electron chi connectivity index (χ3n) is 4.11. The standard InChI is InChI=1S/C16H23BrFNO/c1-16(13-3-4-13,11-19-5-6-20-2)10-12-7-14(17)9-15(18)8-12/h7-9,13,19H,3-6,10-11H2,1-2H3. The molecule has 0 radical (unpaired) electrons. The van der Waals surface area contributed by atoms with E-state index < -0.39 is 0 Å². The number of methoxy groups -OCH3 is 1. The molecular weight excluding hydrogens is 321 g/mol. The van der Waals surface area contributed by atoms with Gasteiger partial charge in [-0.15, -0.1) is 0 Å². The van der Waals surface area contributed by atoms with Crippen LogP contribution in [0.15, 0.2) is 22.7 Å². The number of nitrogens with one attached hydrogen (secondary N) is 1. The molecule has 112 valence electrons. The Kier molecular flexibility index (Phi) is 5.58. The Hall–Kier alpha value is -0.450.